The second kappa shape index (κ2) is 4.92. The summed E-state index contributed by atoms with van der Waals surface area (Å²) in [6.45, 7) is 8.13. The molecule has 2 rings (SSSR count). The molecule has 2 aromatic rings. The summed E-state index contributed by atoms with van der Waals surface area (Å²) in [4.78, 5) is 0. The highest BCUT2D eigenvalue weighted by Crippen LogP contribution is 2.21. The van der Waals surface area contributed by atoms with Crippen LogP contribution in [0.15, 0.2) is 30.3 Å². The molecule has 0 aliphatic rings. The molecule has 0 saturated carbocycles. The first-order chi connectivity index (χ1) is 7.18. The first-order valence-electron chi connectivity index (χ1n) is 5.34. The van der Waals surface area contributed by atoms with Crippen LogP contribution in [0.1, 0.15) is 25.0 Å². The van der Waals surface area contributed by atoms with Gasteiger partial charge in [0.25, 0.3) is 0 Å². The van der Waals surface area contributed by atoms with Crippen LogP contribution in [0.5, 0.6) is 0 Å². The van der Waals surface area contributed by atoms with Crippen LogP contribution < -0.4 is 0 Å². The number of hydrogen-bond acceptors (Lipinski definition) is 0. The van der Waals surface area contributed by atoms with Crippen LogP contribution in [0.3, 0.4) is 0 Å². The Morgan fingerprint density at radius 1 is 0.933 bits per heavy atom. The van der Waals surface area contributed by atoms with E-state index in [9.17, 15) is 4.39 Å². The lowest BCUT2D eigenvalue weighted by atomic mass is 10.0. The second-order valence-corrected chi connectivity index (χ2v) is 3.37. The molecule has 0 fully saturated rings. The Bertz CT molecular complexity index is 458. The van der Waals surface area contributed by atoms with Gasteiger partial charge in [-0.15, -0.1) is 0 Å². The average molecular weight is 204 g/mol. The van der Waals surface area contributed by atoms with E-state index in [1.165, 1.54) is 17.2 Å². The molecule has 80 valence electrons. The smallest absolute Gasteiger partial charge is 0.123 e. The van der Waals surface area contributed by atoms with Crippen molar-refractivity contribution in [1.82, 2.24) is 0 Å². The molecule has 0 aliphatic heterocycles. The molecule has 0 bridgehead atoms. The highest BCUT2D eigenvalue weighted by molar-refractivity contribution is 5.86. The van der Waals surface area contributed by atoms with E-state index in [2.05, 4.69) is 13.8 Å². The van der Waals surface area contributed by atoms with E-state index >= 15 is 0 Å². The van der Waals surface area contributed by atoms with Gasteiger partial charge in [-0.2, -0.15) is 0 Å². The van der Waals surface area contributed by atoms with Crippen molar-refractivity contribution in [2.24, 2.45) is 0 Å². The molecule has 1 heteroatoms. The number of aryl methyl sites for hydroxylation is 2. The predicted molar refractivity (Wildman–Crippen MR) is 64.7 cm³/mol. The number of rotatable bonds is 0. The van der Waals surface area contributed by atoms with E-state index in [4.69, 9.17) is 0 Å². The fourth-order valence-electron chi connectivity index (χ4n) is 1.57. The van der Waals surface area contributed by atoms with Crippen LogP contribution >= 0.6 is 0 Å². The summed E-state index contributed by atoms with van der Waals surface area (Å²) < 4.78 is 12.9. The van der Waals surface area contributed by atoms with E-state index in [1.807, 2.05) is 32.0 Å². The van der Waals surface area contributed by atoms with Gasteiger partial charge in [0.15, 0.2) is 0 Å². The molecule has 0 nitrogen and oxygen atoms in total. The number of halogens is 1. The van der Waals surface area contributed by atoms with Gasteiger partial charge in [0.2, 0.25) is 0 Å². The summed E-state index contributed by atoms with van der Waals surface area (Å²) >= 11 is 0. The molecular weight excluding hydrogens is 187 g/mol. The number of hydrogen-bond donors (Lipinski definition) is 0. The van der Waals surface area contributed by atoms with Gasteiger partial charge >= 0.3 is 0 Å². The predicted octanol–water partition coefficient (Wildman–Crippen LogP) is 4.62. The maximum atomic E-state index is 12.9. The Morgan fingerprint density at radius 3 is 2.27 bits per heavy atom. The van der Waals surface area contributed by atoms with Gasteiger partial charge < -0.3 is 0 Å². The fourth-order valence-corrected chi connectivity index (χ4v) is 1.57. The highest BCUT2D eigenvalue weighted by atomic mass is 19.1. The van der Waals surface area contributed by atoms with Crippen LogP contribution in [0.25, 0.3) is 10.8 Å². The first kappa shape index (κ1) is 11.7. The van der Waals surface area contributed by atoms with E-state index in [0.29, 0.717) is 0 Å². The molecular formula is C14H17F. The molecule has 0 radical (unpaired) electrons. The van der Waals surface area contributed by atoms with Gasteiger partial charge in [0.1, 0.15) is 5.82 Å². The zero-order valence-electron chi connectivity index (χ0n) is 9.76. The molecule has 0 saturated heterocycles. The van der Waals surface area contributed by atoms with Crippen molar-refractivity contribution >= 4 is 10.8 Å². The summed E-state index contributed by atoms with van der Waals surface area (Å²) in [6.07, 6.45) is 0. The Kier molecular flexibility index (Phi) is 3.84. The zero-order valence-corrected chi connectivity index (χ0v) is 9.76. The minimum atomic E-state index is -0.171. The average Bonchev–Trinajstić information content (AvgIpc) is 2.26. The zero-order chi connectivity index (χ0) is 11.4. The summed E-state index contributed by atoms with van der Waals surface area (Å²) in [5.41, 5.74) is 2.48. The quantitative estimate of drug-likeness (QED) is 0.587. The molecule has 0 aromatic heterocycles. The monoisotopic (exact) mass is 204 g/mol. The molecule has 0 N–H and O–H groups in total. The van der Waals surface area contributed by atoms with Crippen LogP contribution in [0.4, 0.5) is 4.39 Å². The minimum Gasteiger partial charge on any atom is -0.207 e. The van der Waals surface area contributed by atoms with Gasteiger partial charge in [-0.3, -0.25) is 0 Å². The Balaban J connectivity index is 0.000000531. The fraction of sp³-hybridized carbons (Fsp3) is 0.286. The molecule has 0 heterocycles. The van der Waals surface area contributed by atoms with Crippen LogP contribution in [-0.2, 0) is 0 Å². The van der Waals surface area contributed by atoms with Crippen LogP contribution in [0.2, 0.25) is 0 Å². The highest BCUT2D eigenvalue weighted by Gasteiger charge is 2.00. The van der Waals surface area contributed by atoms with Crippen molar-refractivity contribution in [3.05, 3.63) is 47.3 Å². The van der Waals surface area contributed by atoms with Crippen molar-refractivity contribution in [3.8, 4) is 0 Å². The lowest BCUT2D eigenvalue weighted by molar-refractivity contribution is 0.629. The Morgan fingerprint density at radius 2 is 1.60 bits per heavy atom. The summed E-state index contributed by atoms with van der Waals surface area (Å²) in [5.74, 6) is -0.171. The Labute approximate surface area is 90.7 Å². The van der Waals surface area contributed by atoms with Crippen molar-refractivity contribution in [2.45, 2.75) is 27.7 Å². The molecule has 15 heavy (non-hydrogen) atoms. The Hall–Kier alpha value is -1.37. The third-order valence-electron chi connectivity index (χ3n) is 2.52. The topological polar surface area (TPSA) is 0 Å². The number of benzene rings is 2. The van der Waals surface area contributed by atoms with E-state index in [-0.39, 0.29) is 5.82 Å². The maximum Gasteiger partial charge on any atom is 0.123 e. The maximum absolute atomic E-state index is 12.9. The second-order valence-electron chi connectivity index (χ2n) is 3.37. The van der Waals surface area contributed by atoms with Crippen molar-refractivity contribution in [2.75, 3.05) is 0 Å². The van der Waals surface area contributed by atoms with Gasteiger partial charge in [-0.1, -0.05) is 32.0 Å². The normalized spacial score (nSPS) is 9.67. The summed E-state index contributed by atoms with van der Waals surface area (Å²) in [5, 5.41) is 2.12. The molecule has 2 aromatic carbocycles. The van der Waals surface area contributed by atoms with Crippen LogP contribution in [-0.4, -0.2) is 0 Å². The first-order valence-corrected chi connectivity index (χ1v) is 5.34. The van der Waals surface area contributed by atoms with Crippen molar-refractivity contribution in [1.29, 1.82) is 0 Å². The third-order valence-corrected chi connectivity index (χ3v) is 2.52. The van der Waals surface area contributed by atoms with E-state index < -0.39 is 0 Å². The van der Waals surface area contributed by atoms with Gasteiger partial charge in [-0.05, 0) is 47.9 Å². The molecule has 0 amide bonds. The minimum absolute atomic E-state index is 0.171. The summed E-state index contributed by atoms with van der Waals surface area (Å²) in [7, 11) is 0. The number of fused-ring (bicyclic) bond motifs is 1. The van der Waals surface area contributed by atoms with Gasteiger partial charge in [0.05, 0.1) is 0 Å². The third kappa shape index (κ3) is 2.35. The van der Waals surface area contributed by atoms with Crippen molar-refractivity contribution in [3.63, 3.8) is 0 Å². The van der Waals surface area contributed by atoms with E-state index in [0.717, 1.165) is 10.8 Å². The lowest BCUT2D eigenvalue weighted by Crippen LogP contribution is -1.84. The SMILES string of the molecule is CC.Cc1ccc2cc(F)ccc2c1C. The van der Waals surface area contributed by atoms with Crippen molar-refractivity contribution < 1.29 is 4.39 Å². The van der Waals surface area contributed by atoms with E-state index in [1.54, 1.807) is 6.07 Å². The molecule has 0 unspecified atom stereocenters. The standard InChI is InChI=1S/C12H11F.C2H6/c1-8-3-4-10-7-11(13)5-6-12(10)9(8)2;1-2/h3-7H,1-2H3;1-2H3. The van der Waals surface area contributed by atoms with Crippen LogP contribution in [0, 0.1) is 19.7 Å². The van der Waals surface area contributed by atoms with Gasteiger partial charge in [0, 0.05) is 0 Å². The molecule has 0 spiro atoms. The molecule has 0 aliphatic carbocycles. The lowest BCUT2D eigenvalue weighted by Gasteiger charge is -2.04. The molecule has 0 atom stereocenters. The summed E-state index contributed by atoms with van der Waals surface area (Å²) in [6, 6.07) is 8.90. The van der Waals surface area contributed by atoms with Gasteiger partial charge in [-0.25, -0.2) is 4.39 Å². The largest absolute Gasteiger partial charge is 0.207 e.